The second-order valence-electron chi connectivity index (χ2n) is 4.86. The van der Waals surface area contributed by atoms with E-state index in [9.17, 15) is 0 Å². The molecule has 0 N–H and O–H groups in total. The van der Waals surface area contributed by atoms with Crippen LogP contribution >= 0.6 is 11.6 Å². The normalized spacial score (nSPS) is 11.1. The van der Waals surface area contributed by atoms with Gasteiger partial charge in [-0.25, -0.2) is 0 Å². The minimum absolute atomic E-state index is 0.792. The van der Waals surface area contributed by atoms with Crippen LogP contribution in [0.25, 0.3) is 0 Å². The van der Waals surface area contributed by atoms with E-state index >= 15 is 0 Å². The Morgan fingerprint density at radius 3 is 1.45 bits per heavy atom. The SMILES string of the molecule is CCCCCCCCCC(OC)(OC)OC.CCCCl. The molecule has 0 amide bonds. The molecule has 0 bridgehead atoms. The highest BCUT2D eigenvalue weighted by molar-refractivity contribution is 6.17. The Bertz CT molecular complexity index is 163. The number of unbranched alkanes of at least 4 members (excludes halogenated alkanes) is 6. The first kappa shape index (κ1) is 22.5. The van der Waals surface area contributed by atoms with Crippen molar-refractivity contribution in [3.05, 3.63) is 0 Å². The molecule has 0 aromatic heterocycles. The van der Waals surface area contributed by atoms with Crippen LogP contribution in [0.3, 0.4) is 0 Å². The Kier molecular flexibility index (Phi) is 19.3. The lowest BCUT2D eigenvalue weighted by molar-refractivity contribution is -0.355. The number of rotatable bonds is 12. The third-order valence-corrected chi connectivity index (χ3v) is 3.59. The van der Waals surface area contributed by atoms with E-state index in [0.717, 1.165) is 25.1 Å². The Labute approximate surface area is 131 Å². The lowest BCUT2D eigenvalue weighted by Crippen LogP contribution is -2.35. The predicted octanol–water partition coefficient (Wildman–Crippen LogP) is 5.36. The summed E-state index contributed by atoms with van der Waals surface area (Å²) >= 11 is 5.19. The average Bonchev–Trinajstić information content (AvgIpc) is 2.51. The molecule has 0 aliphatic rings. The topological polar surface area (TPSA) is 27.7 Å². The van der Waals surface area contributed by atoms with E-state index < -0.39 is 5.97 Å². The molecule has 0 spiro atoms. The van der Waals surface area contributed by atoms with E-state index in [1.165, 1.54) is 38.5 Å². The summed E-state index contributed by atoms with van der Waals surface area (Å²) in [6.07, 6.45) is 10.9. The van der Waals surface area contributed by atoms with Gasteiger partial charge in [0.2, 0.25) is 0 Å². The van der Waals surface area contributed by atoms with E-state index in [1.54, 1.807) is 21.3 Å². The van der Waals surface area contributed by atoms with Crippen LogP contribution in [0.2, 0.25) is 0 Å². The smallest absolute Gasteiger partial charge is 0.282 e. The zero-order chi connectivity index (χ0) is 15.7. The molecule has 124 valence electrons. The number of halogens is 1. The molecule has 0 radical (unpaired) electrons. The fourth-order valence-corrected chi connectivity index (χ4v) is 1.85. The summed E-state index contributed by atoms with van der Waals surface area (Å²) in [5, 5.41) is 0. The molecule has 3 nitrogen and oxygen atoms in total. The maximum atomic E-state index is 5.24. The number of methoxy groups -OCH3 is 3. The summed E-state index contributed by atoms with van der Waals surface area (Å²) in [5.74, 6) is -0.0383. The minimum atomic E-state index is -0.830. The summed E-state index contributed by atoms with van der Waals surface area (Å²) in [7, 11) is 4.86. The van der Waals surface area contributed by atoms with E-state index in [-0.39, 0.29) is 0 Å². The monoisotopic (exact) mass is 310 g/mol. The van der Waals surface area contributed by atoms with Crippen LogP contribution in [0.1, 0.15) is 71.6 Å². The Morgan fingerprint density at radius 1 is 0.700 bits per heavy atom. The van der Waals surface area contributed by atoms with Crippen molar-refractivity contribution in [1.82, 2.24) is 0 Å². The van der Waals surface area contributed by atoms with Crippen molar-refractivity contribution in [3.63, 3.8) is 0 Å². The van der Waals surface area contributed by atoms with E-state index in [2.05, 4.69) is 6.92 Å². The lowest BCUT2D eigenvalue weighted by atomic mass is 10.1. The molecule has 20 heavy (non-hydrogen) atoms. The van der Waals surface area contributed by atoms with Crippen molar-refractivity contribution in [3.8, 4) is 0 Å². The van der Waals surface area contributed by atoms with Gasteiger partial charge in [-0.2, -0.15) is 0 Å². The number of ether oxygens (including phenoxy) is 3. The molecule has 0 saturated heterocycles. The second-order valence-corrected chi connectivity index (χ2v) is 5.23. The third-order valence-electron chi connectivity index (χ3n) is 3.21. The average molecular weight is 311 g/mol. The molecule has 0 aromatic carbocycles. The van der Waals surface area contributed by atoms with Gasteiger partial charge in [0.1, 0.15) is 0 Å². The van der Waals surface area contributed by atoms with Crippen molar-refractivity contribution in [2.45, 2.75) is 77.6 Å². The predicted molar refractivity (Wildman–Crippen MR) is 87.4 cm³/mol. The Morgan fingerprint density at radius 2 is 1.10 bits per heavy atom. The van der Waals surface area contributed by atoms with E-state index in [4.69, 9.17) is 25.8 Å². The number of alkyl halides is 1. The third kappa shape index (κ3) is 13.2. The first-order chi connectivity index (χ1) is 9.66. The van der Waals surface area contributed by atoms with Crippen LogP contribution < -0.4 is 0 Å². The maximum absolute atomic E-state index is 5.24. The van der Waals surface area contributed by atoms with Crippen molar-refractivity contribution < 1.29 is 14.2 Å². The maximum Gasteiger partial charge on any atom is 0.282 e. The molecule has 0 atom stereocenters. The Balaban J connectivity index is 0. The summed E-state index contributed by atoms with van der Waals surface area (Å²) in [6.45, 7) is 4.29. The lowest BCUT2D eigenvalue weighted by Gasteiger charge is -2.28. The van der Waals surface area contributed by atoms with Gasteiger partial charge in [0.25, 0.3) is 5.97 Å². The van der Waals surface area contributed by atoms with Gasteiger partial charge in [-0.05, 0) is 12.8 Å². The molecule has 0 aliphatic carbocycles. The van der Waals surface area contributed by atoms with Gasteiger partial charge in [0.15, 0.2) is 0 Å². The minimum Gasteiger partial charge on any atom is -0.331 e. The zero-order valence-electron chi connectivity index (χ0n) is 14.2. The largest absolute Gasteiger partial charge is 0.331 e. The fourth-order valence-electron chi connectivity index (χ4n) is 1.85. The molecular formula is C16H35ClO3. The van der Waals surface area contributed by atoms with Crippen molar-refractivity contribution in [2.24, 2.45) is 0 Å². The summed E-state index contributed by atoms with van der Waals surface area (Å²) < 4.78 is 15.7. The van der Waals surface area contributed by atoms with Crippen LogP contribution in [-0.4, -0.2) is 33.2 Å². The molecule has 0 saturated carbocycles. The molecule has 0 unspecified atom stereocenters. The summed E-state index contributed by atoms with van der Waals surface area (Å²) in [6, 6.07) is 0. The van der Waals surface area contributed by atoms with Crippen LogP contribution in [0, 0.1) is 0 Å². The highest BCUT2D eigenvalue weighted by Gasteiger charge is 2.28. The molecule has 0 fully saturated rings. The van der Waals surface area contributed by atoms with Crippen LogP contribution in [0.5, 0.6) is 0 Å². The highest BCUT2D eigenvalue weighted by Crippen LogP contribution is 2.21. The molecule has 4 heteroatoms. The molecule has 0 rings (SSSR count). The second kappa shape index (κ2) is 17.2. The van der Waals surface area contributed by atoms with Crippen LogP contribution in [0.4, 0.5) is 0 Å². The highest BCUT2D eigenvalue weighted by atomic mass is 35.5. The first-order valence-corrected chi connectivity index (χ1v) is 8.41. The Hall–Kier alpha value is 0.170. The molecule has 0 aliphatic heterocycles. The molecular weight excluding hydrogens is 276 g/mol. The van der Waals surface area contributed by atoms with Gasteiger partial charge < -0.3 is 14.2 Å². The summed E-state index contributed by atoms with van der Waals surface area (Å²) in [5.41, 5.74) is 0. The quantitative estimate of drug-likeness (QED) is 0.276. The van der Waals surface area contributed by atoms with Gasteiger partial charge in [0, 0.05) is 33.6 Å². The molecule has 0 aromatic rings. The number of hydrogen-bond acceptors (Lipinski definition) is 3. The van der Waals surface area contributed by atoms with Gasteiger partial charge in [-0.3, -0.25) is 0 Å². The van der Waals surface area contributed by atoms with Crippen LogP contribution in [0.15, 0.2) is 0 Å². The first-order valence-electron chi connectivity index (χ1n) is 7.87. The van der Waals surface area contributed by atoms with Crippen LogP contribution in [-0.2, 0) is 14.2 Å². The fraction of sp³-hybridized carbons (Fsp3) is 1.00. The van der Waals surface area contributed by atoms with E-state index in [1.807, 2.05) is 6.92 Å². The zero-order valence-corrected chi connectivity index (χ0v) is 14.9. The standard InChI is InChI=1S/C13H28O3.C3H7Cl/c1-5-6-7-8-9-10-11-12-13(14-2,15-3)16-4;1-2-3-4/h5-12H2,1-4H3;2-3H2,1H3. The van der Waals surface area contributed by atoms with Crippen molar-refractivity contribution >= 4 is 11.6 Å². The molecule has 0 heterocycles. The number of hydrogen-bond donors (Lipinski definition) is 0. The van der Waals surface area contributed by atoms with Gasteiger partial charge in [0.05, 0.1) is 0 Å². The van der Waals surface area contributed by atoms with Crippen molar-refractivity contribution in [1.29, 1.82) is 0 Å². The van der Waals surface area contributed by atoms with Gasteiger partial charge in [-0.1, -0.05) is 52.4 Å². The van der Waals surface area contributed by atoms with Gasteiger partial charge >= 0.3 is 0 Å². The van der Waals surface area contributed by atoms with E-state index in [0.29, 0.717) is 0 Å². The van der Waals surface area contributed by atoms with Crippen molar-refractivity contribution in [2.75, 3.05) is 27.2 Å². The van der Waals surface area contributed by atoms with Gasteiger partial charge in [-0.15, -0.1) is 11.6 Å². The summed E-state index contributed by atoms with van der Waals surface area (Å²) in [4.78, 5) is 0.